The molecule has 0 aliphatic carbocycles. The number of hydrogen-bond acceptors (Lipinski definition) is 17. The van der Waals surface area contributed by atoms with Gasteiger partial charge in [-0.3, -0.25) is 52.7 Å². The highest BCUT2D eigenvalue weighted by atomic mass is 16.4. The topological polar surface area (TPSA) is 489 Å². The quantitative estimate of drug-likeness (QED) is 0.0324. The summed E-state index contributed by atoms with van der Waals surface area (Å²) in [6.07, 6.45) is -6.69. The third-order valence-electron chi connectivity index (χ3n) is 11.1. The Hall–Kier alpha value is -6.56. The summed E-state index contributed by atoms with van der Waals surface area (Å²) in [7, 11) is 0. The molecule has 0 bridgehead atoms. The Morgan fingerprint density at radius 1 is 0.638 bits per heavy atom. The van der Waals surface area contributed by atoms with E-state index in [0.717, 1.165) is 9.80 Å². The number of β-amino-alcohol motifs (C(OH)–C–C–N with tert-alkyl or cyclic N) is 2. The number of aliphatic hydroxyl groups excluding tert-OH is 3. The lowest BCUT2D eigenvalue weighted by Gasteiger charge is -2.31. The van der Waals surface area contributed by atoms with Crippen LogP contribution in [0.3, 0.4) is 0 Å². The summed E-state index contributed by atoms with van der Waals surface area (Å²) in [6, 6.07) is -12.4. The predicted octanol–water partition coefficient (Wildman–Crippen LogP) is -8.36. The average molecular weight is 987 g/mol. The Kier molecular flexibility index (Phi) is 23.3. The minimum absolute atomic E-state index is 0.0526. The van der Waals surface area contributed by atoms with Gasteiger partial charge in [-0.15, -0.1) is 0 Å². The molecular weight excluding hydrogens is 921 g/mol. The van der Waals surface area contributed by atoms with E-state index in [9.17, 15) is 83.1 Å². The van der Waals surface area contributed by atoms with E-state index in [-0.39, 0.29) is 25.9 Å². The summed E-state index contributed by atoms with van der Waals surface area (Å²) in [5.74, 6) is -14.1. The molecule has 2 heterocycles. The van der Waals surface area contributed by atoms with Crippen LogP contribution >= 0.6 is 0 Å². The number of amides is 10. The zero-order valence-electron chi connectivity index (χ0n) is 38.5. The first-order valence-corrected chi connectivity index (χ1v) is 22.1. The van der Waals surface area contributed by atoms with Crippen molar-refractivity contribution in [2.75, 3.05) is 26.2 Å². The van der Waals surface area contributed by atoms with Gasteiger partial charge < -0.3 is 90.2 Å². The number of nitrogens with zero attached hydrogens (tertiary/aromatic N) is 2. The zero-order valence-corrected chi connectivity index (χ0v) is 38.5. The molecule has 388 valence electrons. The van der Waals surface area contributed by atoms with Crippen LogP contribution in [0.5, 0.6) is 0 Å². The van der Waals surface area contributed by atoms with Crippen LogP contribution in [0.2, 0.25) is 0 Å². The van der Waals surface area contributed by atoms with E-state index in [2.05, 4.69) is 31.9 Å². The van der Waals surface area contributed by atoms with Crippen molar-refractivity contribution in [3.63, 3.8) is 0 Å². The second-order valence-corrected chi connectivity index (χ2v) is 17.2. The SMILES string of the molecule is CC(C)[C@H](NC(=O)[C@@H]1C[C@@H](O)CN1C(=O)[C@@H](N)[C@@H](C)O)C(=O)N[C@@H](CC(N)=O)C(=O)N1C[C@H](O)C[C@H]1C(=O)NCC(=O)N[C@@H](CC(N)=O)C(=O)N[C@@H](CCC(=O)O)C(=O)N[C@@H](CCCCN)C(=O)O. The standard InChI is InChI=1S/C40H66N12O17/c1-17(2)32(50-36(64)26-11-20(55)16-52(26)39(67)31(44)18(3)53)37(65)49-24(13-28(43)57)38(66)51-15-19(54)10-25(51)35(63)45-14-29(58)46-23(12-27(42)56)34(62)47-21(7-8-30(59)60)33(61)48-22(40(68)69)6-4-5-9-41/h17-26,31-32,53-55H,4-16,41,44H2,1-3H3,(H2,42,56)(H2,43,57)(H,45,63)(H,46,58)(H,47,62)(H,48,61)(H,49,65)(H,50,64)(H,59,60)(H,68,69)/t18-,19-,20-,21+,22+,23+,24+,25+,26+,31+,32+/m1/s1. The molecule has 10 amide bonds. The molecule has 11 atom stereocenters. The highest BCUT2D eigenvalue weighted by molar-refractivity contribution is 5.99. The molecule has 0 aromatic rings. The molecule has 2 aliphatic heterocycles. The van der Waals surface area contributed by atoms with Gasteiger partial charge in [0, 0.05) is 32.4 Å². The molecule has 0 spiro atoms. The van der Waals surface area contributed by atoms with E-state index in [1.54, 1.807) is 0 Å². The minimum atomic E-state index is -1.82. The largest absolute Gasteiger partial charge is 0.481 e. The number of aliphatic hydroxyl groups is 3. The van der Waals surface area contributed by atoms with E-state index in [4.69, 9.17) is 22.9 Å². The van der Waals surface area contributed by atoms with Crippen molar-refractivity contribution in [1.29, 1.82) is 0 Å². The highest BCUT2D eigenvalue weighted by Crippen LogP contribution is 2.22. The van der Waals surface area contributed by atoms with Gasteiger partial charge >= 0.3 is 11.9 Å². The number of hydrogen-bond donors (Lipinski definition) is 15. The Bertz CT molecular complexity index is 1920. The van der Waals surface area contributed by atoms with Gasteiger partial charge in [-0.2, -0.15) is 0 Å². The first-order chi connectivity index (χ1) is 32.2. The Balaban J connectivity index is 2.22. The minimum Gasteiger partial charge on any atom is -0.481 e. The number of likely N-dealkylation sites (tertiary alicyclic amines) is 2. The van der Waals surface area contributed by atoms with E-state index >= 15 is 0 Å². The summed E-state index contributed by atoms with van der Waals surface area (Å²) in [5.41, 5.74) is 21.9. The van der Waals surface area contributed by atoms with Gasteiger partial charge in [-0.25, -0.2) is 4.79 Å². The van der Waals surface area contributed by atoms with Crippen molar-refractivity contribution in [2.24, 2.45) is 28.9 Å². The van der Waals surface area contributed by atoms with Gasteiger partial charge in [0.2, 0.25) is 59.1 Å². The number of carbonyl (C=O) groups is 12. The van der Waals surface area contributed by atoms with E-state index in [1.807, 2.05) is 0 Å². The van der Waals surface area contributed by atoms with Crippen LogP contribution in [0, 0.1) is 5.92 Å². The van der Waals surface area contributed by atoms with Crippen LogP contribution in [0.1, 0.15) is 78.6 Å². The molecular formula is C40H66N12O17. The number of nitrogens with one attached hydrogen (secondary N) is 6. The smallest absolute Gasteiger partial charge is 0.326 e. The number of nitrogens with two attached hydrogens (primary N) is 4. The predicted molar refractivity (Wildman–Crippen MR) is 234 cm³/mol. The fourth-order valence-corrected chi connectivity index (χ4v) is 7.43. The van der Waals surface area contributed by atoms with Crippen LogP contribution in [-0.2, 0) is 57.5 Å². The van der Waals surface area contributed by atoms with Crippen molar-refractivity contribution < 1.29 is 83.1 Å². The molecule has 19 N–H and O–H groups in total. The normalized spacial score (nSPS) is 20.8. The molecule has 2 fully saturated rings. The maximum Gasteiger partial charge on any atom is 0.326 e. The zero-order chi connectivity index (χ0) is 52.4. The molecule has 0 radical (unpaired) electrons. The van der Waals surface area contributed by atoms with Crippen molar-refractivity contribution in [3.8, 4) is 0 Å². The fraction of sp³-hybridized carbons (Fsp3) is 0.700. The van der Waals surface area contributed by atoms with Crippen LogP contribution in [0.25, 0.3) is 0 Å². The fourth-order valence-electron chi connectivity index (χ4n) is 7.43. The molecule has 69 heavy (non-hydrogen) atoms. The number of rotatable bonds is 28. The summed E-state index contributed by atoms with van der Waals surface area (Å²) in [5, 5.41) is 63.0. The van der Waals surface area contributed by atoms with Crippen molar-refractivity contribution in [1.82, 2.24) is 41.7 Å². The molecule has 29 nitrogen and oxygen atoms in total. The number of carboxylic acids is 2. The lowest BCUT2D eigenvalue weighted by Crippen LogP contribution is -2.60. The second kappa shape index (κ2) is 27.4. The number of aliphatic carboxylic acids is 2. The maximum atomic E-state index is 14.0. The molecule has 0 aromatic heterocycles. The van der Waals surface area contributed by atoms with Gasteiger partial charge in [-0.1, -0.05) is 13.8 Å². The van der Waals surface area contributed by atoms with E-state index in [0.29, 0.717) is 12.8 Å². The molecule has 2 rings (SSSR count). The Morgan fingerprint density at radius 3 is 1.65 bits per heavy atom. The molecule has 0 unspecified atom stereocenters. The lowest BCUT2D eigenvalue weighted by atomic mass is 10.0. The van der Waals surface area contributed by atoms with Gasteiger partial charge in [0.25, 0.3) is 0 Å². The van der Waals surface area contributed by atoms with E-state index in [1.165, 1.54) is 20.8 Å². The number of carboxylic acid groups (broad SMARTS) is 2. The Labute approximate surface area is 395 Å². The summed E-state index contributed by atoms with van der Waals surface area (Å²) >= 11 is 0. The molecule has 0 aromatic carbocycles. The first kappa shape index (κ1) is 58.6. The Morgan fingerprint density at radius 2 is 1.14 bits per heavy atom. The van der Waals surface area contributed by atoms with Crippen LogP contribution < -0.4 is 54.8 Å². The lowest BCUT2D eigenvalue weighted by molar-refractivity contribution is -0.144. The molecule has 29 heteroatoms. The second-order valence-electron chi connectivity index (χ2n) is 17.2. The molecule has 0 saturated carbocycles. The highest BCUT2D eigenvalue weighted by Gasteiger charge is 2.45. The van der Waals surface area contributed by atoms with Gasteiger partial charge in [0.1, 0.15) is 48.3 Å². The van der Waals surface area contributed by atoms with Gasteiger partial charge in [-0.05, 0) is 45.1 Å². The number of carbonyl (C=O) groups excluding carboxylic acids is 10. The van der Waals surface area contributed by atoms with Crippen LogP contribution in [0.15, 0.2) is 0 Å². The molecule has 2 aliphatic rings. The van der Waals surface area contributed by atoms with E-state index < -0.39 is 189 Å². The number of primary amides is 2. The summed E-state index contributed by atoms with van der Waals surface area (Å²) < 4.78 is 0. The first-order valence-electron chi connectivity index (χ1n) is 22.1. The van der Waals surface area contributed by atoms with Crippen molar-refractivity contribution in [3.05, 3.63) is 0 Å². The monoisotopic (exact) mass is 986 g/mol. The maximum absolute atomic E-state index is 14.0. The summed E-state index contributed by atoms with van der Waals surface area (Å²) in [4.78, 5) is 156. The number of unbranched alkanes of at least 4 members (excludes halogenated alkanes) is 1. The van der Waals surface area contributed by atoms with Crippen molar-refractivity contribution >= 4 is 71.0 Å². The van der Waals surface area contributed by atoms with Crippen LogP contribution in [0.4, 0.5) is 0 Å². The van der Waals surface area contributed by atoms with Crippen LogP contribution in [-0.4, -0.2) is 199 Å². The summed E-state index contributed by atoms with van der Waals surface area (Å²) in [6.45, 7) is 2.79. The molecule has 2 saturated heterocycles. The van der Waals surface area contributed by atoms with Crippen molar-refractivity contribution in [2.45, 2.75) is 145 Å². The third kappa shape index (κ3) is 18.5. The average Bonchev–Trinajstić information content (AvgIpc) is 3.85. The third-order valence-corrected chi connectivity index (χ3v) is 11.1. The van der Waals surface area contributed by atoms with Gasteiger partial charge in [0.15, 0.2) is 0 Å². The van der Waals surface area contributed by atoms with Gasteiger partial charge in [0.05, 0.1) is 37.7 Å².